The van der Waals surface area contributed by atoms with E-state index in [-0.39, 0.29) is 11.1 Å². The molecule has 0 unspecified atom stereocenters. The molecular formula is C11H22N4O2S. The molecule has 1 aromatic heterocycles. The van der Waals surface area contributed by atoms with Gasteiger partial charge in [-0.05, 0) is 33.7 Å². The molecule has 0 aliphatic rings. The molecule has 0 spiro atoms. The van der Waals surface area contributed by atoms with Crippen molar-refractivity contribution in [1.82, 2.24) is 13.9 Å². The minimum absolute atomic E-state index is 0.103. The van der Waals surface area contributed by atoms with E-state index in [1.54, 1.807) is 10.8 Å². The maximum atomic E-state index is 12.4. The molecule has 0 radical (unpaired) electrons. The Hall–Kier alpha value is -0.920. The Kier molecular flexibility index (Phi) is 5.30. The fourth-order valence-corrected chi connectivity index (χ4v) is 3.28. The van der Waals surface area contributed by atoms with Crippen LogP contribution in [0.5, 0.6) is 0 Å². The lowest BCUT2D eigenvalue weighted by Gasteiger charge is -2.24. The van der Waals surface area contributed by atoms with Gasteiger partial charge in [0.05, 0.1) is 6.33 Å². The molecule has 0 amide bonds. The average molecular weight is 274 g/mol. The molecule has 0 saturated carbocycles. The van der Waals surface area contributed by atoms with Crippen LogP contribution in [0, 0.1) is 0 Å². The van der Waals surface area contributed by atoms with Gasteiger partial charge in [0, 0.05) is 25.3 Å². The molecule has 2 N–H and O–H groups in total. The van der Waals surface area contributed by atoms with E-state index in [1.165, 1.54) is 10.6 Å². The monoisotopic (exact) mass is 274 g/mol. The highest BCUT2D eigenvalue weighted by atomic mass is 32.2. The van der Waals surface area contributed by atoms with Gasteiger partial charge in [-0.1, -0.05) is 0 Å². The Morgan fingerprint density at radius 1 is 1.50 bits per heavy atom. The van der Waals surface area contributed by atoms with Gasteiger partial charge in [0.25, 0.3) is 10.0 Å². The summed E-state index contributed by atoms with van der Waals surface area (Å²) in [7, 11) is -3.52. The number of nitrogens with two attached hydrogens (primary N) is 1. The van der Waals surface area contributed by atoms with Crippen LogP contribution in [0.3, 0.4) is 0 Å². The quantitative estimate of drug-likeness (QED) is 0.791. The van der Waals surface area contributed by atoms with Gasteiger partial charge < -0.3 is 10.3 Å². The van der Waals surface area contributed by atoms with E-state index < -0.39 is 10.0 Å². The first-order valence-corrected chi connectivity index (χ1v) is 7.61. The van der Waals surface area contributed by atoms with Gasteiger partial charge in [0.2, 0.25) is 0 Å². The Balaban J connectivity index is 3.00. The van der Waals surface area contributed by atoms with Crippen LogP contribution >= 0.6 is 0 Å². The van der Waals surface area contributed by atoms with Gasteiger partial charge >= 0.3 is 0 Å². The van der Waals surface area contributed by atoms with Crippen molar-refractivity contribution in [2.45, 2.75) is 44.8 Å². The summed E-state index contributed by atoms with van der Waals surface area (Å²) in [6.07, 6.45) is 3.74. The normalized spacial score (nSPS) is 12.6. The van der Waals surface area contributed by atoms with Crippen LogP contribution in [0.4, 0.5) is 0 Å². The van der Waals surface area contributed by atoms with Gasteiger partial charge in [0.1, 0.15) is 0 Å². The zero-order valence-electron chi connectivity index (χ0n) is 11.2. The summed E-state index contributed by atoms with van der Waals surface area (Å²) in [5.74, 6) is 0. The van der Waals surface area contributed by atoms with Crippen molar-refractivity contribution < 1.29 is 8.42 Å². The number of hydrogen-bond donors (Lipinski definition) is 1. The molecule has 1 aromatic rings. The Labute approximate surface area is 109 Å². The van der Waals surface area contributed by atoms with Crippen LogP contribution in [-0.4, -0.2) is 41.4 Å². The second-order valence-corrected chi connectivity index (χ2v) is 6.23. The van der Waals surface area contributed by atoms with Crippen molar-refractivity contribution in [2.24, 2.45) is 5.73 Å². The van der Waals surface area contributed by atoms with Gasteiger partial charge in [-0.2, -0.15) is 4.31 Å². The summed E-state index contributed by atoms with van der Waals surface area (Å²) >= 11 is 0. The Morgan fingerprint density at radius 2 is 2.17 bits per heavy atom. The summed E-state index contributed by atoms with van der Waals surface area (Å²) < 4.78 is 28.0. The first-order valence-electron chi connectivity index (χ1n) is 6.17. The molecule has 18 heavy (non-hydrogen) atoms. The zero-order chi connectivity index (χ0) is 13.8. The molecular weight excluding hydrogens is 252 g/mol. The largest absolute Gasteiger partial charge is 0.336 e. The van der Waals surface area contributed by atoms with E-state index in [0.717, 1.165) is 0 Å². The van der Waals surface area contributed by atoms with E-state index >= 15 is 0 Å². The van der Waals surface area contributed by atoms with Crippen molar-refractivity contribution in [2.75, 3.05) is 13.1 Å². The number of rotatable bonds is 7. The number of hydrogen-bond acceptors (Lipinski definition) is 4. The van der Waals surface area contributed by atoms with Crippen molar-refractivity contribution in [3.8, 4) is 0 Å². The maximum Gasteiger partial charge on any atom is 0.262 e. The minimum atomic E-state index is -3.52. The number of aromatic nitrogens is 2. The first-order chi connectivity index (χ1) is 8.43. The highest BCUT2D eigenvalue weighted by Gasteiger charge is 2.28. The molecule has 0 saturated heterocycles. The van der Waals surface area contributed by atoms with Crippen molar-refractivity contribution in [1.29, 1.82) is 0 Å². The fraction of sp³-hybridized carbons (Fsp3) is 0.727. The standard InChI is InChI=1S/C11H22N4O2S/c1-4-14-8-11(13-9-14)18(16,17)15(10(2)3)7-5-6-12/h8-10H,4-7,12H2,1-3H3. The molecule has 104 valence electrons. The molecule has 0 aliphatic heterocycles. The van der Waals surface area contributed by atoms with Crippen LogP contribution in [0.25, 0.3) is 0 Å². The molecule has 1 rings (SSSR count). The van der Waals surface area contributed by atoms with Crippen LogP contribution in [0.15, 0.2) is 17.6 Å². The Morgan fingerprint density at radius 3 is 2.61 bits per heavy atom. The number of aryl methyl sites for hydroxylation is 1. The number of nitrogens with zero attached hydrogens (tertiary/aromatic N) is 3. The lowest BCUT2D eigenvalue weighted by atomic mass is 10.3. The van der Waals surface area contributed by atoms with Gasteiger partial charge in [-0.25, -0.2) is 13.4 Å². The Bertz CT molecular complexity index is 467. The number of sulfonamides is 1. The lowest BCUT2D eigenvalue weighted by molar-refractivity contribution is 0.350. The lowest BCUT2D eigenvalue weighted by Crippen LogP contribution is -2.38. The second kappa shape index (κ2) is 6.31. The zero-order valence-corrected chi connectivity index (χ0v) is 12.0. The van der Waals surface area contributed by atoms with Crippen molar-refractivity contribution in [3.63, 3.8) is 0 Å². The molecule has 0 bridgehead atoms. The second-order valence-electron chi connectivity index (χ2n) is 4.39. The van der Waals surface area contributed by atoms with Crippen LogP contribution in [0.2, 0.25) is 0 Å². The van der Waals surface area contributed by atoms with Gasteiger partial charge in [-0.15, -0.1) is 0 Å². The summed E-state index contributed by atoms with van der Waals surface area (Å²) in [5, 5.41) is 0.107. The first kappa shape index (κ1) is 15.1. The topological polar surface area (TPSA) is 81.2 Å². The smallest absolute Gasteiger partial charge is 0.262 e. The van der Waals surface area contributed by atoms with Crippen LogP contribution < -0.4 is 5.73 Å². The van der Waals surface area contributed by atoms with Crippen molar-refractivity contribution in [3.05, 3.63) is 12.5 Å². The van der Waals surface area contributed by atoms with E-state index in [2.05, 4.69) is 4.98 Å². The van der Waals surface area contributed by atoms with Crippen LogP contribution in [-0.2, 0) is 16.6 Å². The molecule has 0 aromatic carbocycles. The molecule has 7 heteroatoms. The van der Waals surface area contributed by atoms with E-state index in [4.69, 9.17) is 5.73 Å². The molecule has 0 aliphatic carbocycles. The summed E-state index contributed by atoms with van der Waals surface area (Å²) in [6, 6.07) is -0.103. The van der Waals surface area contributed by atoms with Gasteiger partial charge in [-0.3, -0.25) is 0 Å². The van der Waals surface area contributed by atoms with Gasteiger partial charge in [0.15, 0.2) is 5.03 Å². The molecule has 0 atom stereocenters. The fourth-order valence-electron chi connectivity index (χ4n) is 1.67. The average Bonchev–Trinajstić information content (AvgIpc) is 2.77. The maximum absolute atomic E-state index is 12.4. The van der Waals surface area contributed by atoms with Crippen LogP contribution in [0.1, 0.15) is 27.2 Å². The SMILES string of the molecule is CCn1cnc(S(=O)(=O)N(CCCN)C(C)C)c1. The van der Waals surface area contributed by atoms with E-state index in [9.17, 15) is 8.42 Å². The third-order valence-corrected chi connectivity index (χ3v) is 4.67. The molecule has 6 nitrogen and oxygen atoms in total. The van der Waals surface area contributed by atoms with E-state index in [0.29, 0.717) is 26.1 Å². The molecule has 0 fully saturated rings. The number of imidazole rings is 1. The predicted molar refractivity (Wildman–Crippen MR) is 70.6 cm³/mol. The third-order valence-electron chi connectivity index (χ3n) is 2.71. The predicted octanol–water partition coefficient (Wildman–Crippen LogP) is 0.651. The third kappa shape index (κ3) is 3.30. The highest BCUT2D eigenvalue weighted by molar-refractivity contribution is 7.89. The summed E-state index contributed by atoms with van der Waals surface area (Å²) in [5.41, 5.74) is 5.44. The van der Waals surface area contributed by atoms with E-state index in [1.807, 2.05) is 20.8 Å². The van der Waals surface area contributed by atoms with Crippen molar-refractivity contribution >= 4 is 10.0 Å². The highest BCUT2D eigenvalue weighted by Crippen LogP contribution is 2.16. The minimum Gasteiger partial charge on any atom is -0.336 e. The summed E-state index contributed by atoms with van der Waals surface area (Å²) in [4.78, 5) is 3.97. The summed E-state index contributed by atoms with van der Waals surface area (Å²) in [6.45, 7) is 7.24. The molecule has 1 heterocycles.